The molecular weight excluding hydrogens is 466 g/mol. The van der Waals surface area contributed by atoms with Crippen molar-refractivity contribution >= 4 is 11.6 Å². The Kier molecular flexibility index (Phi) is 7.24. The van der Waals surface area contributed by atoms with Gasteiger partial charge in [-0.1, -0.05) is 62.2 Å². The summed E-state index contributed by atoms with van der Waals surface area (Å²) in [6.45, 7) is 2.17. The molecule has 0 heterocycles. The molecule has 0 aliphatic heterocycles. The second-order valence-electron chi connectivity index (χ2n) is 8.64. The number of ether oxygens (including phenoxy) is 1. The Morgan fingerprint density at radius 3 is 2.14 bits per heavy atom. The number of unbranched alkanes of at least 4 members (excludes halogenated alkanes) is 2. The van der Waals surface area contributed by atoms with Crippen LogP contribution in [-0.2, 0) is 12.8 Å². The topological polar surface area (TPSA) is 9.23 Å². The van der Waals surface area contributed by atoms with Gasteiger partial charge in [0.2, 0.25) is 5.75 Å². The van der Waals surface area contributed by atoms with Gasteiger partial charge >= 0.3 is 6.36 Å². The van der Waals surface area contributed by atoms with Gasteiger partial charge in [0.25, 0.3) is 0 Å². The molecule has 0 unspecified atom stereocenters. The molecule has 0 atom stereocenters. The lowest BCUT2D eigenvalue weighted by atomic mass is 9.86. The second-order valence-corrected chi connectivity index (χ2v) is 8.64. The average Bonchev–Trinajstić information content (AvgIpc) is 2.81. The van der Waals surface area contributed by atoms with Gasteiger partial charge in [0.15, 0.2) is 11.6 Å². The van der Waals surface area contributed by atoms with Crippen molar-refractivity contribution in [1.29, 1.82) is 0 Å². The summed E-state index contributed by atoms with van der Waals surface area (Å²) >= 11 is 0. The minimum atomic E-state index is -5.25. The number of fused-ring (bicyclic) bond motifs is 1. The van der Waals surface area contributed by atoms with Crippen molar-refractivity contribution in [1.82, 2.24) is 0 Å². The molecule has 0 radical (unpaired) electrons. The first-order chi connectivity index (χ1) is 16.7. The molecule has 35 heavy (non-hydrogen) atoms. The smallest absolute Gasteiger partial charge is 0.399 e. The Morgan fingerprint density at radius 1 is 0.829 bits per heavy atom. The molecule has 3 aromatic carbocycles. The third kappa shape index (κ3) is 5.72. The Labute approximate surface area is 200 Å². The van der Waals surface area contributed by atoms with Crippen LogP contribution in [0.1, 0.15) is 54.9 Å². The van der Waals surface area contributed by atoms with E-state index < -0.39 is 29.6 Å². The number of halogens is 6. The molecule has 0 bridgehead atoms. The highest BCUT2D eigenvalue weighted by molar-refractivity contribution is 5.85. The summed E-state index contributed by atoms with van der Waals surface area (Å²) in [7, 11) is 0. The minimum Gasteiger partial charge on any atom is -0.399 e. The van der Waals surface area contributed by atoms with Crippen LogP contribution in [0, 0.1) is 17.5 Å². The molecule has 0 fully saturated rings. The maximum Gasteiger partial charge on any atom is 0.573 e. The molecule has 0 saturated carbocycles. The van der Waals surface area contributed by atoms with Gasteiger partial charge in [-0.15, -0.1) is 13.2 Å². The molecule has 1 aliphatic rings. The van der Waals surface area contributed by atoms with Gasteiger partial charge in [0.1, 0.15) is 5.82 Å². The van der Waals surface area contributed by atoms with Crippen LogP contribution in [0.5, 0.6) is 5.75 Å². The fourth-order valence-corrected chi connectivity index (χ4v) is 4.39. The number of rotatable bonds is 7. The summed E-state index contributed by atoms with van der Waals surface area (Å²) in [6.07, 6.45) is 2.18. The van der Waals surface area contributed by atoms with Gasteiger partial charge in [0, 0.05) is 5.56 Å². The van der Waals surface area contributed by atoms with E-state index in [1.165, 1.54) is 24.5 Å². The number of allylic oxidation sites excluding steroid dienone is 1. The SMILES string of the molecule is CCCCCc1ccc(C2=Cc3ccc(-c4cc(F)c(OC(F)(F)F)c(F)c4)c(F)c3CC2)cc1. The van der Waals surface area contributed by atoms with Crippen molar-refractivity contribution in [3.05, 3.63) is 88.2 Å². The van der Waals surface area contributed by atoms with Crippen LogP contribution in [0.2, 0.25) is 0 Å². The molecule has 0 aromatic heterocycles. The predicted octanol–water partition coefficient (Wildman–Crippen LogP) is 8.89. The summed E-state index contributed by atoms with van der Waals surface area (Å²) in [5, 5.41) is 0. The predicted molar refractivity (Wildman–Crippen MR) is 124 cm³/mol. The van der Waals surface area contributed by atoms with Gasteiger partial charge < -0.3 is 4.74 Å². The lowest BCUT2D eigenvalue weighted by Gasteiger charge is -2.20. The fourth-order valence-electron chi connectivity index (χ4n) is 4.39. The molecule has 0 saturated heterocycles. The van der Waals surface area contributed by atoms with Gasteiger partial charge in [-0.2, -0.15) is 0 Å². The lowest BCUT2D eigenvalue weighted by Crippen LogP contribution is -2.19. The molecule has 0 spiro atoms. The number of hydrogen-bond donors (Lipinski definition) is 0. The minimum absolute atomic E-state index is 0.0895. The molecule has 0 N–H and O–H groups in total. The van der Waals surface area contributed by atoms with E-state index in [0.29, 0.717) is 36.1 Å². The molecule has 184 valence electrons. The molecule has 3 aromatic rings. The van der Waals surface area contributed by atoms with E-state index >= 15 is 4.39 Å². The zero-order valence-corrected chi connectivity index (χ0v) is 19.1. The third-order valence-electron chi connectivity index (χ3n) is 6.17. The van der Waals surface area contributed by atoms with E-state index in [-0.39, 0.29) is 11.1 Å². The van der Waals surface area contributed by atoms with Gasteiger partial charge in [-0.05, 0) is 71.2 Å². The number of hydrogen-bond acceptors (Lipinski definition) is 1. The Hall–Kier alpha value is -3.22. The van der Waals surface area contributed by atoms with Crippen LogP contribution in [0.4, 0.5) is 26.3 Å². The average molecular weight is 490 g/mol. The van der Waals surface area contributed by atoms with Crippen molar-refractivity contribution < 1.29 is 31.1 Å². The largest absolute Gasteiger partial charge is 0.573 e. The van der Waals surface area contributed by atoms with Crippen LogP contribution >= 0.6 is 0 Å². The Bertz CT molecular complexity index is 1220. The summed E-state index contributed by atoms with van der Waals surface area (Å²) in [6, 6.07) is 12.7. The van der Waals surface area contributed by atoms with Crippen LogP contribution in [0.15, 0.2) is 48.5 Å². The van der Waals surface area contributed by atoms with E-state index in [1.54, 1.807) is 6.07 Å². The molecule has 4 rings (SSSR count). The Morgan fingerprint density at radius 2 is 1.51 bits per heavy atom. The second kappa shape index (κ2) is 10.2. The maximum atomic E-state index is 15.3. The summed E-state index contributed by atoms with van der Waals surface area (Å²) in [4.78, 5) is 0. The van der Waals surface area contributed by atoms with Crippen molar-refractivity contribution in [3.63, 3.8) is 0 Å². The highest BCUT2D eigenvalue weighted by atomic mass is 19.4. The van der Waals surface area contributed by atoms with Gasteiger partial charge in [0.05, 0.1) is 0 Å². The van der Waals surface area contributed by atoms with Crippen molar-refractivity contribution in [3.8, 4) is 16.9 Å². The maximum absolute atomic E-state index is 15.3. The molecule has 1 nitrogen and oxygen atoms in total. The van der Waals surface area contributed by atoms with E-state index in [2.05, 4.69) is 35.9 Å². The summed E-state index contributed by atoms with van der Waals surface area (Å²) in [5.41, 5.74) is 4.17. The first kappa shape index (κ1) is 24.9. The standard InChI is InChI=1S/C28H24F6O/c1-2-3-4-5-17-6-8-18(9-7-17)19-10-12-22-20(14-19)11-13-23(26(22)31)21-15-24(29)27(25(30)16-21)35-28(32,33)34/h6-9,11,13-16H,2-5,10,12H2,1H3. The number of aryl methyl sites for hydroxylation is 1. The van der Waals surface area contributed by atoms with Gasteiger partial charge in [-0.25, -0.2) is 13.2 Å². The van der Waals surface area contributed by atoms with Gasteiger partial charge in [-0.3, -0.25) is 0 Å². The van der Waals surface area contributed by atoms with Crippen LogP contribution in [-0.4, -0.2) is 6.36 Å². The molecule has 0 amide bonds. The lowest BCUT2D eigenvalue weighted by molar-refractivity contribution is -0.276. The summed E-state index contributed by atoms with van der Waals surface area (Å²) < 4.78 is 84.2. The summed E-state index contributed by atoms with van der Waals surface area (Å²) in [5.74, 6) is -5.33. The highest BCUT2D eigenvalue weighted by Gasteiger charge is 2.34. The van der Waals surface area contributed by atoms with Crippen molar-refractivity contribution in [2.45, 2.75) is 51.8 Å². The zero-order valence-electron chi connectivity index (χ0n) is 19.1. The van der Waals surface area contributed by atoms with Crippen LogP contribution < -0.4 is 4.74 Å². The van der Waals surface area contributed by atoms with Crippen LogP contribution in [0.3, 0.4) is 0 Å². The quantitative estimate of drug-likeness (QED) is 0.237. The number of benzene rings is 3. The first-order valence-electron chi connectivity index (χ1n) is 11.5. The molecule has 1 aliphatic carbocycles. The monoisotopic (exact) mass is 490 g/mol. The van der Waals surface area contributed by atoms with Crippen LogP contribution in [0.25, 0.3) is 22.8 Å². The third-order valence-corrected chi connectivity index (χ3v) is 6.17. The fraction of sp³-hybridized carbons (Fsp3) is 0.286. The zero-order chi connectivity index (χ0) is 25.2. The van der Waals surface area contributed by atoms with Crippen molar-refractivity contribution in [2.24, 2.45) is 0 Å². The Balaban J connectivity index is 1.60. The van der Waals surface area contributed by atoms with Crippen molar-refractivity contribution in [2.75, 3.05) is 0 Å². The molecule has 7 heteroatoms. The first-order valence-corrected chi connectivity index (χ1v) is 11.5. The molecular formula is C28H24F6O. The van der Waals surface area contributed by atoms with E-state index in [9.17, 15) is 22.0 Å². The van der Waals surface area contributed by atoms with E-state index in [0.717, 1.165) is 24.0 Å². The highest BCUT2D eigenvalue weighted by Crippen LogP contribution is 2.38. The van der Waals surface area contributed by atoms with E-state index in [1.807, 2.05) is 6.08 Å². The van der Waals surface area contributed by atoms with E-state index in [4.69, 9.17) is 0 Å². The number of alkyl halides is 3. The normalized spacial score (nSPS) is 13.4.